The van der Waals surface area contributed by atoms with Crippen LogP contribution in [0.5, 0.6) is 11.5 Å². The van der Waals surface area contributed by atoms with Crippen LogP contribution in [0.25, 0.3) is 11.3 Å². The molecule has 176 valence electrons. The van der Waals surface area contributed by atoms with Gasteiger partial charge in [0.2, 0.25) is 0 Å². The average Bonchev–Trinajstić information content (AvgIpc) is 3.09. The van der Waals surface area contributed by atoms with Crippen molar-refractivity contribution in [2.24, 2.45) is 0 Å². The molecule has 32 heavy (non-hydrogen) atoms. The fourth-order valence-electron chi connectivity index (χ4n) is 4.42. The van der Waals surface area contributed by atoms with Gasteiger partial charge in [-0.1, -0.05) is 13.8 Å². The summed E-state index contributed by atoms with van der Waals surface area (Å²) in [5, 5.41) is 0. The highest BCUT2D eigenvalue weighted by Gasteiger charge is 2.34. The summed E-state index contributed by atoms with van der Waals surface area (Å²) >= 11 is 0. The number of methoxy groups -OCH3 is 1. The quantitative estimate of drug-likeness (QED) is 0.647. The zero-order valence-electron chi connectivity index (χ0n) is 20.9. The van der Waals surface area contributed by atoms with Crippen LogP contribution < -0.4 is 9.47 Å². The van der Waals surface area contributed by atoms with Crippen LogP contribution in [-0.4, -0.2) is 47.3 Å². The predicted octanol–water partition coefficient (Wildman–Crippen LogP) is 5.30. The molecule has 2 aliphatic heterocycles. The van der Waals surface area contributed by atoms with Gasteiger partial charge in [-0.3, -0.25) is 4.79 Å². The van der Waals surface area contributed by atoms with Crippen LogP contribution in [0.2, 0.25) is 0 Å². The number of nitrogens with zero attached hydrogens (tertiary/aromatic N) is 2. The lowest BCUT2D eigenvalue weighted by molar-refractivity contribution is 0.0335. The van der Waals surface area contributed by atoms with Gasteiger partial charge in [0, 0.05) is 35.4 Å². The Morgan fingerprint density at radius 1 is 1.03 bits per heavy atom. The first-order chi connectivity index (χ1) is 15.2. The van der Waals surface area contributed by atoms with Crippen molar-refractivity contribution < 1.29 is 19.0 Å². The van der Waals surface area contributed by atoms with Crippen LogP contribution in [0.1, 0.15) is 70.1 Å². The van der Waals surface area contributed by atoms with Gasteiger partial charge in [-0.2, -0.15) is 0 Å². The molecule has 0 spiro atoms. The third-order valence-corrected chi connectivity index (χ3v) is 5.78. The Labute approximate surface area is 192 Å². The number of aryl methyl sites for hydroxylation is 1. The minimum Gasteiger partial charge on any atom is -0.493 e. The van der Waals surface area contributed by atoms with Crippen LogP contribution in [-0.2, 0) is 24.3 Å². The predicted molar refractivity (Wildman–Crippen MR) is 128 cm³/mol. The number of carbonyl (C=O) groups is 1. The number of aromatic nitrogens is 1. The zero-order valence-corrected chi connectivity index (χ0v) is 20.9. The fourth-order valence-corrected chi connectivity index (χ4v) is 4.42. The highest BCUT2D eigenvalue weighted by Crippen LogP contribution is 2.41. The van der Waals surface area contributed by atoms with Gasteiger partial charge in [0.15, 0.2) is 11.5 Å². The minimum atomic E-state index is -0.266. The van der Waals surface area contributed by atoms with Gasteiger partial charge in [-0.25, -0.2) is 0 Å². The summed E-state index contributed by atoms with van der Waals surface area (Å²) in [7, 11) is 1.67. The number of fused-ring (bicyclic) bond motifs is 5. The van der Waals surface area contributed by atoms with Gasteiger partial charge >= 0.3 is 0 Å². The summed E-state index contributed by atoms with van der Waals surface area (Å²) in [6.07, 6.45) is 0.883. The molecule has 0 unspecified atom stereocenters. The highest BCUT2D eigenvalue weighted by molar-refractivity contribution is 5.96. The normalized spacial score (nSPS) is 15.7. The average molecular weight is 443 g/mol. The maximum absolute atomic E-state index is 13.6. The third-order valence-electron chi connectivity index (χ3n) is 5.78. The van der Waals surface area contributed by atoms with Crippen LogP contribution in [0.3, 0.4) is 0 Å². The first-order valence-electron chi connectivity index (χ1n) is 11.7. The molecule has 3 heterocycles. The third kappa shape index (κ3) is 4.51. The molecular formula is C26H38N2O4. The van der Waals surface area contributed by atoms with Crippen molar-refractivity contribution in [1.82, 2.24) is 9.47 Å². The molecule has 0 aliphatic carbocycles. The van der Waals surface area contributed by atoms with Crippen LogP contribution in [0, 0.1) is 0 Å². The van der Waals surface area contributed by atoms with Crippen molar-refractivity contribution in [1.29, 1.82) is 0 Å². The number of benzene rings is 1. The molecule has 2 aliphatic rings. The summed E-state index contributed by atoms with van der Waals surface area (Å²) in [6.45, 7) is 16.6. The lowest BCUT2D eigenvalue weighted by Gasteiger charge is -2.37. The Balaban J connectivity index is 0.00000141. The highest BCUT2D eigenvalue weighted by atomic mass is 16.5. The second-order valence-corrected chi connectivity index (χ2v) is 9.31. The molecule has 1 aromatic heterocycles. The van der Waals surface area contributed by atoms with Gasteiger partial charge in [-0.15, -0.1) is 0 Å². The molecule has 2 aromatic rings. The molecule has 1 amide bonds. The Morgan fingerprint density at radius 3 is 2.38 bits per heavy atom. The topological polar surface area (TPSA) is 52.9 Å². The minimum absolute atomic E-state index is 0.0443. The van der Waals surface area contributed by atoms with E-state index in [4.69, 9.17) is 14.2 Å². The van der Waals surface area contributed by atoms with E-state index in [1.54, 1.807) is 7.11 Å². The smallest absolute Gasteiger partial charge is 0.271 e. The Bertz CT molecular complexity index is 969. The van der Waals surface area contributed by atoms with E-state index in [0.29, 0.717) is 19.8 Å². The van der Waals surface area contributed by atoms with Crippen molar-refractivity contribution in [3.63, 3.8) is 0 Å². The van der Waals surface area contributed by atoms with Gasteiger partial charge in [0.1, 0.15) is 5.69 Å². The standard InChI is InChI=1S/C24H32N2O4.C2H6/c1-15(2)30-21-13-18-16(12-20(21)28-6)7-8-25-19(18)11-17-14-29-10-9-26(24(3,4)5)23(27)22(17)25;1-2/h11-13,15H,7-10,14H2,1-6H3;1-2H3. The van der Waals surface area contributed by atoms with E-state index >= 15 is 0 Å². The van der Waals surface area contributed by atoms with Crippen LogP contribution in [0.15, 0.2) is 18.2 Å². The summed E-state index contributed by atoms with van der Waals surface area (Å²) in [6, 6.07) is 6.24. The van der Waals surface area contributed by atoms with E-state index in [9.17, 15) is 4.79 Å². The molecule has 0 fully saturated rings. The maximum Gasteiger partial charge on any atom is 0.271 e. The van der Waals surface area contributed by atoms with E-state index in [0.717, 1.165) is 47.0 Å². The van der Waals surface area contributed by atoms with Gasteiger partial charge in [-0.05, 0) is 64.8 Å². The van der Waals surface area contributed by atoms with Gasteiger partial charge < -0.3 is 23.7 Å². The summed E-state index contributed by atoms with van der Waals surface area (Å²) < 4.78 is 19.6. The molecule has 4 rings (SSSR count). The molecule has 6 heteroatoms. The lowest BCUT2D eigenvalue weighted by Crippen LogP contribution is -2.48. The van der Waals surface area contributed by atoms with Crippen molar-refractivity contribution in [2.45, 2.75) is 79.7 Å². The molecule has 0 radical (unpaired) electrons. The number of rotatable bonds is 3. The Morgan fingerprint density at radius 2 is 1.75 bits per heavy atom. The largest absolute Gasteiger partial charge is 0.493 e. The van der Waals surface area contributed by atoms with Crippen LogP contribution >= 0.6 is 0 Å². The molecule has 0 bridgehead atoms. The Hall–Kier alpha value is -2.47. The van der Waals surface area contributed by atoms with E-state index < -0.39 is 0 Å². The summed E-state index contributed by atoms with van der Waals surface area (Å²) in [5.74, 6) is 1.56. The number of hydrogen-bond donors (Lipinski definition) is 0. The molecule has 0 saturated heterocycles. The zero-order chi connectivity index (χ0) is 23.6. The van der Waals surface area contributed by atoms with Gasteiger partial charge in [0.25, 0.3) is 5.91 Å². The lowest BCUT2D eigenvalue weighted by atomic mass is 9.97. The number of carbonyl (C=O) groups excluding carboxylic acids is 1. The van der Waals surface area contributed by atoms with E-state index in [2.05, 4.69) is 43.5 Å². The second kappa shape index (κ2) is 9.57. The molecule has 6 nitrogen and oxygen atoms in total. The molecule has 0 N–H and O–H groups in total. The van der Waals surface area contributed by atoms with E-state index in [-0.39, 0.29) is 17.6 Å². The summed E-state index contributed by atoms with van der Waals surface area (Å²) in [4.78, 5) is 15.5. The second-order valence-electron chi connectivity index (χ2n) is 9.31. The van der Waals surface area contributed by atoms with Crippen molar-refractivity contribution in [2.75, 3.05) is 20.3 Å². The van der Waals surface area contributed by atoms with Crippen molar-refractivity contribution >= 4 is 5.91 Å². The maximum atomic E-state index is 13.6. The van der Waals surface area contributed by atoms with Crippen LogP contribution in [0.4, 0.5) is 0 Å². The summed E-state index contributed by atoms with van der Waals surface area (Å²) in [5.41, 5.74) is 4.80. The molecule has 1 aromatic carbocycles. The first-order valence-corrected chi connectivity index (χ1v) is 11.7. The van der Waals surface area contributed by atoms with E-state index in [1.165, 1.54) is 5.56 Å². The van der Waals surface area contributed by atoms with E-state index in [1.807, 2.05) is 32.6 Å². The molecule has 0 saturated carbocycles. The first kappa shape index (κ1) is 24.2. The fraction of sp³-hybridized carbons (Fsp3) is 0.577. The van der Waals surface area contributed by atoms with Crippen molar-refractivity contribution in [3.05, 3.63) is 35.0 Å². The molecule has 0 atom stereocenters. The Kier molecular flexibility index (Phi) is 7.23. The number of amides is 1. The number of hydrogen-bond acceptors (Lipinski definition) is 4. The van der Waals surface area contributed by atoms with Gasteiger partial charge in [0.05, 0.1) is 26.4 Å². The SMILES string of the molecule is CC.COc1cc2c(cc1OC(C)C)-c1cc3c(n1CC2)C(=O)N(C(C)(C)C)CCOC3. The number of ether oxygens (including phenoxy) is 3. The monoisotopic (exact) mass is 442 g/mol. The molecular weight excluding hydrogens is 404 g/mol. The van der Waals surface area contributed by atoms with Crippen molar-refractivity contribution in [3.8, 4) is 22.8 Å².